The Kier molecular flexibility index (Phi) is 5.57. The van der Waals surface area contributed by atoms with Crippen molar-refractivity contribution in [3.8, 4) is 0 Å². The first-order valence-electron chi connectivity index (χ1n) is 8.24. The lowest BCUT2D eigenvalue weighted by molar-refractivity contribution is 0.414. The van der Waals surface area contributed by atoms with Gasteiger partial charge in [0, 0.05) is 31.8 Å². The van der Waals surface area contributed by atoms with Crippen molar-refractivity contribution < 1.29 is 0 Å². The van der Waals surface area contributed by atoms with Gasteiger partial charge < -0.3 is 4.90 Å². The van der Waals surface area contributed by atoms with Gasteiger partial charge in [0.15, 0.2) is 0 Å². The maximum atomic E-state index is 4.68. The van der Waals surface area contributed by atoms with Crippen molar-refractivity contribution in [1.29, 1.82) is 0 Å². The average Bonchev–Trinajstić information content (AvgIpc) is 2.90. The molecule has 4 heteroatoms. The molecule has 0 aliphatic heterocycles. The molecule has 24 heavy (non-hydrogen) atoms. The van der Waals surface area contributed by atoms with Crippen LogP contribution in [0.15, 0.2) is 36.5 Å². The molecule has 1 aromatic carbocycles. The molecule has 3 aromatic rings. The van der Waals surface area contributed by atoms with Gasteiger partial charge >= 0.3 is 0 Å². The average molecular weight is 450 g/mol. The predicted molar refractivity (Wildman–Crippen MR) is 113 cm³/mol. The van der Waals surface area contributed by atoms with Crippen molar-refractivity contribution in [3.05, 3.63) is 61.8 Å². The van der Waals surface area contributed by atoms with E-state index in [1.807, 2.05) is 23.6 Å². The molecular weight excluding hydrogens is 427 g/mol. The van der Waals surface area contributed by atoms with Crippen LogP contribution >= 0.6 is 33.9 Å². The Morgan fingerprint density at radius 1 is 1.25 bits per heavy atom. The second kappa shape index (κ2) is 7.50. The number of thiophene rings is 1. The van der Waals surface area contributed by atoms with Gasteiger partial charge in [-0.2, -0.15) is 0 Å². The number of hydrogen-bond acceptors (Lipinski definition) is 3. The highest BCUT2D eigenvalue weighted by Gasteiger charge is 2.21. The molecule has 0 N–H and O–H groups in total. The summed E-state index contributed by atoms with van der Waals surface area (Å²) in [5.74, 6) is 0.312. The van der Waals surface area contributed by atoms with Crippen LogP contribution in [0.2, 0.25) is 0 Å². The van der Waals surface area contributed by atoms with E-state index in [9.17, 15) is 0 Å². The van der Waals surface area contributed by atoms with Crippen molar-refractivity contribution in [2.24, 2.45) is 0 Å². The summed E-state index contributed by atoms with van der Waals surface area (Å²) in [7, 11) is 4.28. The number of hydrogen-bond donors (Lipinski definition) is 0. The fraction of sp³-hybridized carbons (Fsp3) is 0.350. The molecular formula is C20H23IN2S. The second-order valence-electron chi connectivity index (χ2n) is 6.58. The molecule has 0 spiro atoms. The van der Waals surface area contributed by atoms with Crippen LogP contribution < -0.4 is 0 Å². The standard InChI is InChI=1S/C20H23IN2S/c1-13-7-8-15-18(12-13)24-17(9-11-23(3)4)19(15)14(2)20-16(21)6-5-10-22-20/h5-8,10,12,14H,9,11H2,1-4H3/t14-/m0/s1. The summed E-state index contributed by atoms with van der Waals surface area (Å²) in [4.78, 5) is 8.44. The minimum absolute atomic E-state index is 0.312. The molecule has 0 bridgehead atoms. The first kappa shape index (κ1) is 17.8. The van der Waals surface area contributed by atoms with Crippen LogP contribution in [-0.4, -0.2) is 30.5 Å². The summed E-state index contributed by atoms with van der Waals surface area (Å²) >= 11 is 4.36. The number of aromatic nitrogens is 1. The minimum atomic E-state index is 0.312. The monoisotopic (exact) mass is 450 g/mol. The fourth-order valence-electron chi connectivity index (χ4n) is 3.11. The van der Waals surface area contributed by atoms with Gasteiger partial charge in [-0.3, -0.25) is 4.98 Å². The highest BCUT2D eigenvalue weighted by atomic mass is 127. The van der Waals surface area contributed by atoms with Crippen LogP contribution in [0.5, 0.6) is 0 Å². The van der Waals surface area contributed by atoms with Crippen molar-refractivity contribution >= 4 is 44.0 Å². The number of likely N-dealkylation sites (N-methyl/N-ethyl adjacent to an activating group) is 1. The molecule has 0 aliphatic carbocycles. The van der Waals surface area contributed by atoms with Gasteiger partial charge in [-0.15, -0.1) is 11.3 Å². The van der Waals surface area contributed by atoms with E-state index in [0.717, 1.165) is 13.0 Å². The fourth-order valence-corrected chi connectivity index (χ4v) is 5.32. The van der Waals surface area contributed by atoms with Crippen molar-refractivity contribution in [1.82, 2.24) is 9.88 Å². The molecule has 0 fully saturated rings. The van der Waals surface area contributed by atoms with E-state index in [1.54, 1.807) is 0 Å². The summed E-state index contributed by atoms with van der Waals surface area (Å²) in [6.45, 7) is 5.54. The number of rotatable bonds is 5. The summed E-state index contributed by atoms with van der Waals surface area (Å²) in [5, 5.41) is 1.40. The molecule has 2 nitrogen and oxygen atoms in total. The number of fused-ring (bicyclic) bond motifs is 1. The number of aryl methyl sites for hydroxylation is 1. The van der Waals surface area contributed by atoms with Crippen LogP contribution in [0.1, 0.15) is 34.5 Å². The zero-order valence-corrected chi connectivity index (χ0v) is 17.6. The van der Waals surface area contributed by atoms with Crippen molar-refractivity contribution in [2.45, 2.75) is 26.2 Å². The van der Waals surface area contributed by atoms with Gasteiger partial charge in [0.2, 0.25) is 0 Å². The molecule has 0 radical (unpaired) electrons. The van der Waals surface area contributed by atoms with E-state index in [2.05, 4.69) is 84.7 Å². The third-order valence-electron chi connectivity index (χ3n) is 4.38. The molecule has 0 saturated heterocycles. The topological polar surface area (TPSA) is 16.1 Å². The molecule has 2 heterocycles. The van der Waals surface area contributed by atoms with Crippen LogP contribution in [0.3, 0.4) is 0 Å². The SMILES string of the molecule is Cc1ccc2c([C@H](C)c3ncccc3I)c(CCN(C)C)sc2c1. The Hall–Kier alpha value is -0.980. The molecule has 0 unspecified atom stereocenters. The molecule has 0 amide bonds. The maximum absolute atomic E-state index is 4.68. The Balaban J connectivity index is 2.13. The normalized spacial score (nSPS) is 12.9. The smallest absolute Gasteiger partial charge is 0.0609 e. The lowest BCUT2D eigenvalue weighted by Crippen LogP contribution is -2.15. The van der Waals surface area contributed by atoms with Gasteiger partial charge in [-0.05, 0) is 84.7 Å². The highest BCUT2D eigenvalue weighted by molar-refractivity contribution is 14.1. The van der Waals surface area contributed by atoms with Gasteiger partial charge in [0.1, 0.15) is 0 Å². The zero-order chi connectivity index (χ0) is 17.3. The third kappa shape index (κ3) is 3.65. The summed E-state index contributed by atoms with van der Waals surface area (Å²) in [6.07, 6.45) is 3.00. The Morgan fingerprint density at radius 2 is 2.04 bits per heavy atom. The van der Waals surface area contributed by atoms with Gasteiger partial charge in [-0.25, -0.2) is 0 Å². The molecule has 1 atom stereocenters. The number of halogens is 1. The van der Waals surface area contributed by atoms with Crippen molar-refractivity contribution in [2.75, 3.05) is 20.6 Å². The van der Waals surface area contributed by atoms with E-state index in [0.29, 0.717) is 5.92 Å². The first-order valence-corrected chi connectivity index (χ1v) is 10.1. The minimum Gasteiger partial charge on any atom is -0.309 e. The Bertz CT molecular complexity index is 854. The number of nitrogens with zero attached hydrogens (tertiary/aromatic N) is 2. The molecule has 3 rings (SSSR count). The second-order valence-corrected chi connectivity index (χ2v) is 8.88. The Labute approximate surface area is 162 Å². The zero-order valence-electron chi connectivity index (χ0n) is 14.6. The summed E-state index contributed by atoms with van der Waals surface area (Å²) in [6, 6.07) is 11.0. The van der Waals surface area contributed by atoms with E-state index < -0.39 is 0 Å². The summed E-state index contributed by atoms with van der Waals surface area (Å²) in [5.41, 5.74) is 3.98. The van der Waals surface area contributed by atoms with Gasteiger partial charge in [0.25, 0.3) is 0 Å². The lowest BCUT2D eigenvalue weighted by atomic mass is 9.93. The maximum Gasteiger partial charge on any atom is 0.0609 e. The first-order chi connectivity index (χ1) is 11.5. The van der Waals surface area contributed by atoms with E-state index in [-0.39, 0.29) is 0 Å². The van der Waals surface area contributed by atoms with Crippen LogP contribution in [0.4, 0.5) is 0 Å². The molecule has 2 aromatic heterocycles. The molecule has 126 valence electrons. The van der Waals surface area contributed by atoms with Crippen LogP contribution in [-0.2, 0) is 6.42 Å². The molecule has 0 saturated carbocycles. The number of pyridine rings is 1. The lowest BCUT2D eigenvalue weighted by Gasteiger charge is -2.16. The van der Waals surface area contributed by atoms with Gasteiger partial charge in [-0.1, -0.05) is 19.1 Å². The third-order valence-corrected chi connectivity index (χ3v) is 6.52. The number of benzene rings is 1. The Morgan fingerprint density at radius 3 is 2.75 bits per heavy atom. The predicted octanol–water partition coefficient (Wildman–Crippen LogP) is 5.47. The van der Waals surface area contributed by atoms with Gasteiger partial charge in [0.05, 0.1) is 5.69 Å². The van der Waals surface area contributed by atoms with E-state index in [4.69, 9.17) is 0 Å². The van der Waals surface area contributed by atoms with Crippen LogP contribution in [0, 0.1) is 10.5 Å². The van der Waals surface area contributed by atoms with E-state index in [1.165, 1.54) is 35.4 Å². The van der Waals surface area contributed by atoms with Crippen molar-refractivity contribution in [3.63, 3.8) is 0 Å². The van der Waals surface area contributed by atoms with E-state index >= 15 is 0 Å². The quantitative estimate of drug-likeness (QED) is 0.480. The largest absolute Gasteiger partial charge is 0.309 e. The highest BCUT2D eigenvalue weighted by Crippen LogP contribution is 2.40. The summed E-state index contributed by atoms with van der Waals surface area (Å²) < 4.78 is 2.64. The molecule has 0 aliphatic rings. The van der Waals surface area contributed by atoms with Crippen LogP contribution in [0.25, 0.3) is 10.1 Å².